The molecule has 2 heterocycles. The van der Waals surface area contributed by atoms with Crippen LogP contribution in [0.1, 0.15) is 47.4 Å². The molecule has 3 rings (SSSR count). The van der Waals surface area contributed by atoms with E-state index in [0.29, 0.717) is 25.3 Å². The van der Waals surface area contributed by atoms with Crippen LogP contribution in [-0.2, 0) is 22.6 Å². The number of nitrogens with one attached hydrogen (secondary N) is 3. The molecule has 1 aliphatic rings. The molecule has 0 bridgehead atoms. The third kappa shape index (κ3) is 5.40. The number of rotatable bonds is 8. The molecular formula is C23H27FN6O3. The predicted molar refractivity (Wildman–Crippen MR) is 122 cm³/mol. The zero-order valence-corrected chi connectivity index (χ0v) is 18.8. The summed E-state index contributed by atoms with van der Waals surface area (Å²) >= 11 is 0. The average Bonchev–Trinajstić information content (AvgIpc) is 3.20. The van der Waals surface area contributed by atoms with E-state index >= 15 is 0 Å². The molecule has 2 aromatic rings. The summed E-state index contributed by atoms with van der Waals surface area (Å²) in [7, 11) is 1.52. The van der Waals surface area contributed by atoms with Gasteiger partial charge in [0.15, 0.2) is 5.84 Å². The quantitative estimate of drug-likeness (QED) is 0.418. The first-order valence-corrected chi connectivity index (χ1v) is 10.5. The maximum Gasteiger partial charge on any atom is 0.259 e. The molecule has 0 spiro atoms. The first kappa shape index (κ1) is 24.0. The monoisotopic (exact) mass is 454 g/mol. The van der Waals surface area contributed by atoms with Gasteiger partial charge in [0.05, 0.1) is 24.9 Å². The number of hydrogen-bond acceptors (Lipinski definition) is 6. The second kappa shape index (κ2) is 10.3. The van der Waals surface area contributed by atoms with Gasteiger partial charge < -0.3 is 19.9 Å². The van der Waals surface area contributed by atoms with Crippen LogP contribution in [0.5, 0.6) is 0 Å². The van der Waals surface area contributed by atoms with Gasteiger partial charge in [0.1, 0.15) is 17.3 Å². The summed E-state index contributed by atoms with van der Waals surface area (Å²) in [6.07, 6.45) is 1.28. The highest BCUT2D eigenvalue weighted by Crippen LogP contribution is 2.27. The van der Waals surface area contributed by atoms with Crippen LogP contribution in [0.3, 0.4) is 0 Å². The number of methoxy groups -OCH3 is 1. The fourth-order valence-electron chi connectivity index (χ4n) is 3.54. The van der Waals surface area contributed by atoms with Crippen LogP contribution in [0, 0.1) is 16.6 Å². The van der Waals surface area contributed by atoms with Crippen molar-refractivity contribution in [3.63, 3.8) is 0 Å². The van der Waals surface area contributed by atoms with Crippen molar-refractivity contribution in [3.8, 4) is 0 Å². The number of aromatic nitrogens is 1. The van der Waals surface area contributed by atoms with Crippen LogP contribution in [0.4, 0.5) is 10.2 Å². The summed E-state index contributed by atoms with van der Waals surface area (Å²) in [4.78, 5) is 32.3. The number of pyridine rings is 1. The van der Waals surface area contributed by atoms with Crippen LogP contribution in [-0.4, -0.2) is 58.5 Å². The van der Waals surface area contributed by atoms with Gasteiger partial charge in [-0.3, -0.25) is 20.4 Å². The molecule has 0 saturated heterocycles. The normalized spacial score (nSPS) is 12.5. The fraction of sp³-hybridized carbons (Fsp3) is 0.348. The highest BCUT2D eigenvalue weighted by Gasteiger charge is 2.26. The van der Waals surface area contributed by atoms with Crippen LogP contribution in [0.25, 0.3) is 0 Å². The lowest BCUT2D eigenvalue weighted by Gasteiger charge is -2.23. The van der Waals surface area contributed by atoms with Gasteiger partial charge in [-0.25, -0.2) is 9.37 Å². The Morgan fingerprint density at radius 3 is 2.64 bits per heavy atom. The molecule has 1 aromatic carbocycles. The number of nitrogens with zero attached hydrogens (tertiary/aromatic N) is 3. The molecule has 10 heteroatoms. The zero-order chi connectivity index (χ0) is 24.1. The molecule has 0 atom stereocenters. The van der Waals surface area contributed by atoms with Gasteiger partial charge in [0.2, 0.25) is 5.91 Å². The summed E-state index contributed by atoms with van der Waals surface area (Å²) < 4.78 is 19.6. The van der Waals surface area contributed by atoms with Gasteiger partial charge in [-0.1, -0.05) is 6.07 Å². The van der Waals surface area contributed by atoms with E-state index in [1.54, 1.807) is 23.1 Å². The maximum atomic E-state index is 14.7. The van der Waals surface area contributed by atoms with Gasteiger partial charge in [0.25, 0.3) is 5.91 Å². The van der Waals surface area contributed by atoms with E-state index in [9.17, 15) is 14.0 Å². The second-order valence-electron chi connectivity index (χ2n) is 7.93. The molecule has 2 amide bonds. The topological polar surface area (TPSA) is 122 Å². The van der Waals surface area contributed by atoms with Crippen molar-refractivity contribution in [1.82, 2.24) is 14.8 Å². The Labute approximate surface area is 191 Å². The minimum absolute atomic E-state index is 0.0121. The number of benzene rings is 1. The molecule has 1 aromatic heterocycles. The standard InChI is InChI=1S/C23H27FN6O3/c1-14(2)30(13-25)22(26)19-5-4-6-20(27-19)28-23(32)17-9-15-11-29(21(31)7-8-33-3)12-16(15)10-18(17)24/h4-6,9-10,13-14,25-26H,7-8,11-12H2,1-3H3,(H,27,28,32). The van der Waals surface area contributed by atoms with E-state index in [2.05, 4.69) is 10.3 Å². The molecule has 0 radical (unpaired) electrons. The first-order chi connectivity index (χ1) is 15.7. The van der Waals surface area contributed by atoms with E-state index in [0.717, 1.165) is 11.9 Å². The number of anilines is 1. The number of halogens is 1. The van der Waals surface area contributed by atoms with Gasteiger partial charge in [-0.05, 0) is 49.2 Å². The molecule has 0 saturated carbocycles. The average molecular weight is 455 g/mol. The zero-order valence-electron chi connectivity index (χ0n) is 18.8. The summed E-state index contributed by atoms with van der Waals surface area (Å²) in [6.45, 7) is 4.59. The van der Waals surface area contributed by atoms with Crippen LogP contribution in [0.2, 0.25) is 0 Å². The van der Waals surface area contributed by atoms with Gasteiger partial charge in [-0.2, -0.15) is 0 Å². The van der Waals surface area contributed by atoms with Crippen molar-refractivity contribution in [1.29, 1.82) is 10.8 Å². The Kier molecular flexibility index (Phi) is 7.49. The predicted octanol–water partition coefficient (Wildman–Crippen LogP) is 2.99. The fourth-order valence-corrected chi connectivity index (χ4v) is 3.54. The minimum Gasteiger partial charge on any atom is -0.384 e. The van der Waals surface area contributed by atoms with Crippen molar-refractivity contribution in [2.75, 3.05) is 19.0 Å². The molecule has 0 fully saturated rings. The number of ether oxygens (including phenoxy) is 1. The molecule has 9 nitrogen and oxygen atoms in total. The molecule has 3 N–H and O–H groups in total. The number of fused-ring (bicyclic) bond motifs is 1. The molecule has 1 aliphatic heterocycles. The highest BCUT2D eigenvalue weighted by atomic mass is 19.1. The Morgan fingerprint density at radius 1 is 1.30 bits per heavy atom. The maximum absolute atomic E-state index is 14.7. The number of carbonyl (C=O) groups excluding carboxylic acids is 2. The lowest BCUT2D eigenvalue weighted by atomic mass is 10.1. The number of amidine groups is 1. The summed E-state index contributed by atoms with van der Waals surface area (Å²) in [6, 6.07) is 7.40. The number of carbonyl (C=O) groups is 2. The van der Waals surface area contributed by atoms with Crippen molar-refractivity contribution >= 4 is 29.8 Å². The third-order valence-electron chi connectivity index (χ3n) is 5.32. The van der Waals surface area contributed by atoms with E-state index in [-0.39, 0.29) is 41.3 Å². The Morgan fingerprint density at radius 2 is 2.00 bits per heavy atom. The summed E-state index contributed by atoms with van der Waals surface area (Å²) in [5.41, 5.74) is 1.51. The van der Waals surface area contributed by atoms with Crippen molar-refractivity contribution in [2.45, 2.75) is 39.4 Å². The van der Waals surface area contributed by atoms with E-state index in [1.807, 2.05) is 13.8 Å². The first-order valence-electron chi connectivity index (χ1n) is 10.5. The molecule has 0 unspecified atom stereocenters. The van der Waals surface area contributed by atoms with Gasteiger partial charge >= 0.3 is 0 Å². The SMILES string of the molecule is COCCC(=O)N1Cc2cc(F)c(C(=O)Nc3cccc(C(=N)N(C=N)C(C)C)n3)cc2C1. The minimum atomic E-state index is -0.684. The lowest BCUT2D eigenvalue weighted by molar-refractivity contribution is -0.132. The second-order valence-corrected chi connectivity index (χ2v) is 7.93. The van der Waals surface area contributed by atoms with Crippen LogP contribution in [0.15, 0.2) is 30.3 Å². The van der Waals surface area contributed by atoms with E-state index < -0.39 is 11.7 Å². The smallest absolute Gasteiger partial charge is 0.259 e. The molecular weight excluding hydrogens is 427 g/mol. The Bertz CT molecular complexity index is 1090. The van der Waals surface area contributed by atoms with Crippen LogP contribution < -0.4 is 5.32 Å². The molecule has 33 heavy (non-hydrogen) atoms. The lowest BCUT2D eigenvalue weighted by Crippen LogP contribution is -2.36. The molecule has 0 aliphatic carbocycles. The Balaban J connectivity index is 1.75. The number of amides is 2. The van der Waals surface area contributed by atoms with Crippen molar-refractivity contribution in [2.24, 2.45) is 0 Å². The molecule has 174 valence electrons. The van der Waals surface area contributed by atoms with E-state index in [4.69, 9.17) is 15.6 Å². The summed E-state index contributed by atoms with van der Waals surface area (Å²) in [5, 5.41) is 18.3. The van der Waals surface area contributed by atoms with Gasteiger partial charge in [-0.15, -0.1) is 0 Å². The Hall–Kier alpha value is -3.66. The van der Waals surface area contributed by atoms with Crippen molar-refractivity contribution in [3.05, 3.63) is 58.5 Å². The summed E-state index contributed by atoms with van der Waals surface area (Å²) in [5.74, 6) is -1.28. The van der Waals surface area contributed by atoms with Crippen LogP contribution >= 0.6 is 0 Å². The van der Waals surface area contributed by atoms with Gasteiger partial charge in [0, 0.05) is 26.2 Å². The van der Waals surface area contributed by atoms with Crippen molar-refractivity contribution < 1.29 is 18.7 Å². The largest absolute Gasteiger partial charge is 0.384 e. The number of hydrogen-bond donors (Lipinski definition) is 3. The highest BCUT2D eigenvalue weighted by molar-refractivity contribution is 6.05. The van der Waals surface area contributed by atoms with E-state index in [1.165, 1.54) is 24.1 Å². The third-order valence-corrected chi connectivity index (χ3v) is 5.32.